The molecule has 1 aromatic heterocycles. The summed E-state index contributed by atoms with van der Waals surface area (Å²) in [4.78, 5) is 6.69. The highest BCUT2D eigenvalue weighted by atomic mass is 35.5. The molecule has 88 valence electrons. The smallest absolute Gasteiger partial charge is 0.128 e. The van der Waals surface area contributed by atoms with Crippen LogP contribution in [-0.2, 0) is 0 Å². The summed E-state index contributed by atoms with van der Waals surface area (Å²) in [7, 11) is 2.10. The van der Waals surface area contributed by atoms with Crippen molar-refractivity contribution in [3.05, 3.63) is 23.9 Å². The van der Waals surface area contributed by atoms with Crippen molar-refractivity contribution >= 4 is 17.4 Å². The summed E-state index contributed by atoms with van der Waals surface area (Å²) in [5.74, 6) is 1.03. The van der Waals surface area contributed by atoms with E-state index in [1.165, 1.54) is 24.8 Å². The summed E-state index contributed by atoms with van der Waals surface area (Å²) in [5.41, 5.74) is 1.20. The summed E-state index contributed by atoms with van der Waals surface area (Å²) < 4.78 is 0. The highest BCUT2D eigenvalue weighted by Gasteiger charge is 2.27. The van der Waals surface area contributed by atoms with Gasteiger partial charge < -0.3 is 4.90 Å². The van der Waals surface area contributed by atoms with E-state index in [2.05, 4.69) is 36.0 Å². The van der Waals surface area contributed by atoms with Crippen molar-refractivity contribution in [3.8, 4) is 0 Å². The zero-order valence-corrected chi connectivity index (χ0v) is 10.7. The SMILES string of the molecule is Cc1ccc(N(C)C2CCCCC2Cl)nc1. The largest absolute Gasteiger partial charge is 0.355 e. The number of pyridine rings is 1. The van der Waals surface area contributed by atoms with Gasteiger partial charge in [0.1, 0.15) is 5.82 Å². The van der Waals surface area contributed by atoms with Gasteiger partial charge in [0.15, 0.2) is 0 Å². The fourth-order valence-corrected chi connectivity index (χ4v) is 2.79. The van der Waals surface area contributed by atoms with E-state index in [4.69, 9.17) is 11.6 Å². The van der Waals surface area contributed by atoms with Crippen molar-refractivity contribution in [1.82, 2.24) is 4.98 Å². The fourth-order valence-electron chi connectivity index (χ4n) is 2.34. The number of nitrogens with zero attached hydrogens (tertiary/aromatic N) is 2. The molecule has 0 N–H and O–H groups in total. The predicted octanol–water partition coefficient (Wildman–Crippen LogP) is 3.38. The lowest BCUT2D eigenvalue weighted by molar-refractivity contribution is 0.432. The second-order valence-electron chi connectivity index (χ2n) is 4.67. The van der Waals surface area contributed by atoms with Crippen molar-refractivity contribution in [2.75, 3.05) is 11.9 Å². The highest BCUT2D eigenvalue weighted by molar-refractivity contribution is 6.21. The minimum atomic E-state index is 0.266. The van der Waals surface area contributed by atoms with E-state index in [0.29, 0.717) is 6.04 Å². The molecule has 0 saturated heterocycles. The molecule has 1 aromatic rings. The number of hydrogen-bond donors (Lipinski definition) is 0. The molecular weight excluding hydrogens is 220 g/mol. The van der Waals surface area contributed by atoms with Gasteiger partial charge in [0.05, 0.1) is 5.38 Å². The molecule has 1 fully saturated rings. The van der Waals surface area contributed by atoms with Crippen molar-refractivity contribution in [1.29, 1.82) is 0 Å². The van der Waals surface area contributed by atoms with Gasteiger partial charge in [-0.2, -0.15) is 0 Å². The number of halogens is 1. The molecule has 2 rings (SSSR count). The summed E-state index contributed by atoms with van der Waals surface area (Å²) in [6.45, 7) is 2.06. The van der Waals surface area contributed by atoms with Gasteiger partial charge in [-0.05, 0) is 31.4 Å². The van der Waals surface area contributed by atoms with Crippen LogP contribution in [-0.4, -0.2) is 23.5 Å². The lowest BCUT2D eigenvalue weighted by atomic mass is 9.94. The van der Waals surface area contributed by atoms with E-state index in [-0.39, 0.29) is 5.38 Å². The van der Waals surface area contributed by atoms with E-state index in [1.54, 1.807) is 0 Å². The number of aryl methyl sites for hydroxylation is 1. The standard InChI is InChI=1S/C13H19ClN2/c1-10-7-8-13(15-9-10)16(2)12-6-4-3-5-11(12)14/h7-9,11-12H,3-6H2,1-2H3. The van der Waals surface area contributed by atoms with Crippen LogP contribution < -0.4 is 4.90 Å². The zero-order valence-electron chi connectivity index (χ0n) is 9.99. The Hall–Kier alpha value is -0.760. The summed E-state index contributed by atoms with van der Waals surface area (Å²) in [6.07, 6.45) is 6.77. The van der Waals surface area contributed by atoms with Gasteiger partial charge in [0, 0.05) is 19.3 Å². The minimum absolute atomic E-state index is 0.266. The lowest BCUT2D eigenvalue weighted by Gasteiger charge is -2.35. The first-order chi connectivity index (χ1) is 7.68. The Balaban J connectivity index is 2.11. The van der Waals surface area contributed by atoms with Crippen LogP contribution in [0.3, 0.4) is 0 Å². The molecule has 0 spiro atoms. The molecule has 0 amide bonds. The molecule has 1 aliphatic rings. The van der Waals surface area contributed by atoms with Gasteiger partial charge in [-0.15, -0.1) is 11.6 Å². The van der Waals surface area contributed by atoms with E-state index in [1.807, 2.05) is 6.20 Å². The average molecular weight is 239 g/mol. The second-order valence-corrected chi connectivity index (χ2v) is 5.23. The number of rotatable bonds is 2. The topological polar surface area (TPSA) is 16.1 Å². The normalized spacial score (nSPS) is 25.4. The molecule has 16 heavy (non-hydrogen) atoms. The van der Waals surface area contributed by atoms with E-state index < -0.39 is 0 Å². The van der Waals surface area contributed by atoms with Gasteiger partial charge in [0.2, 0.25) is 0 Å². The molecular formula is C13H19ClN2. The Labute approximate surface area is 103 Å². The monoisotopic (exact) mass is 238 g/mol. The second kappa shape index (κ2) is 5.05. The van der Waals surface area contributed by atoms with E-state index in [0.717, 1.165) is 12.2 Å². The van der Waals surface area contributed by atoms with Crippen LogP contribution in [0.2, 0.25) is 0 Å². The molecule has 0 radical (unpaired) electrons. The Kier molecular flexibility index (Phi) is 3.70. The Morgan fingerprint density at radius 1 is 1.31 bits per heavy atom. The van der Waals surface area contributed by atoms with Crippen LogP contribution in [0.1, 0.15) is 31.2 Å². The number of aromatic nitrogens is 1. The number of anilines is 1. The number of alkyl halides is 1. The quantitative estimate of drug-likeness (QED) is 0.735. The zero-order chi connectivity index (χ0) is 11.5. The van der Waals surface area contributed by atoms with E-state index in [9.17, 15) is 0 Å². The first-order valence-electron chi connectivity index (χ1n) is 5.98. The van der Waals surface area contributed by atoms with Crippen LogP contribution in [0, 0.1) is 6.92 Å². The average Bonchev–Trinajstić information content (AvgIpc) is 2.30. The van der Waals surface area contributed by atoms with Crippen LogP contribution in [0.4, 0.5) is 5.82 Å². The molecule has 1 heterocycles. The summed E-state index contributed by atoms with van der Waals surface area (Å²) in [5, 5.41) is 0.266. The van der Waals surface area contributed by atoms with E-state index >= 15 is 0 Å². The molecule has 2 unspecified atom stereocenters. The van der Waals surface area contributed by atoms with Crippen molar-refractivity contribution in [2.45, 2.75) is 44.0 Å². The van der Waals surface area contributed by atoms with Crippen LogP contribution >= 0.6 is 11.6 Å². The Bertz CT molecular complexity index is 336. The number of hydrogen-bond acceptors (Lipinski definition) is 2. The third-order valence-corrected chi connectivity index (χ3v) is 3.91. The molecule has 1 saturated carbocycles. The first-order valence-corrected chi connectivity index (χ1v) is 6.41. The molecule has 1 aliphatic carbocycles. The Morgan fingerprint density at radius 3 is 2.69 bits per heavy atom. The third-order valence-electron chi connectivity index (χ3n) is 3.40. The predicted molar refractivity (Wildman–Crippen MR) is 69.3 cm³/mol. The minimum Gasteiger partial charge on any atom is -0.355 e. The first kappa shape index (κ1) is 11.7. The van der Waals surface area contributed by atoms with Crippen LogP contribution in [0.15, 0.2) is 18.3 Å². The van der Waals surface area contributed by atoms with Crippen LogP contribution in [0.25, 0.3) is 0 Å². The third kappa shape index (κ3) is 2.49. The maximum absolute atomic E-state index is 6.39. The van der Waals surface area contributed by atoms with Gasteiger partial charge >= 0.3 is 0 Å². The van der Waals surface area contributed by atoms with Gasteiger partial charge in [0.25, 0.3) is 0 Å². The maximum Gasteiger partial charge on any atom is 0.128 e. The van der Waals surface area contributed by atoms with Gasteiger partial charge in [-0.25, -0.2) is 4.98 Å². The summed E-state index contributed by atoms with van der Waals surface area (Å²) >= 11 is 6.39. The molecule has 3 heteroatoms. The summed E-state index contributed by atoms with van der Waals surface area (Å²) in [6, 6.07) is 4.61. The molecule has 0 bridgehead atoms. The Morgan fingerprint density at radius 2 is 2.06 bits per heavy atom. The van der Waals surface area contributed by atoms with Crippen molar-refractivity contribution in [2.24, 2.45) is 0 Å². The highest BCUT2D eigenvalue weighted by Crippen LogP contribution is 2.28. The fraction of sp³-hybridized carbons (Fsp3) is 0.615. The molecule has 2 nitrogen and oxygen atoms in total. The van der Waals surface area contributed by atoms with Gasteiger partial charge in [-0.1, -0.05) is 18.9 Å². The molecule has 2 atom stereocenters. The van der Waals surface area contributed by atoms with Crippen molar-refractivity contribution < 1.29 is 0 Å². The van der Waals surface area contributed by atoms with Crippen molar-refractivity contribution in [3.63, 3.8) is 0 Å². The lowest BCUT2D eigenvalue weighted by Crippen LogP contribution is -2.41. The molecule has 0 aliphatic heterocycles. The molecule has 0 aromatic carbocycles. The maximum atomic E-state index is 6.39. The van der Waals surface area contributed by atoms with Crippen LogP contribution in [0.5, 0.6) is 0 Å². The van der Waals surface area contributed by atoms with Gasteiger partial charge in [-0.3, -0.25) is 0 Å².